The van der Waals surface area contributed by atoms with Crippen LogP contribution in [-0.4, -0.2) is 18.6 Å². The first-order chi connectivity index (χ1) is 13.8. The summed E-state index contributed by atoms with van der Waals surface area (Å²) in [7, 11) is -3.72. The zero-order valence-corrected chi connectivity index (χ0v) is 17.9. The van der Waals surface area contributed by atoms with E-state index in [9.17, 15) is 8.42 Å². The van der Waals surface area contributed by atoms with Crippen molar-refractivity contribution in [2.45, 2.75) is 25.3 Å². The Morgan fingerprint density at radius 3 is 2.72 bits per heavy atom. The van der Waals surface area contributed by atoms with Gasteiger partial charge in [-0.25, -0.2) is 13.1 Å². The second kappa shape index (κ2) is 7.75. The predicted octanol–water partition coefficient (Wildman–Crippen LogP) is 4.81. The number of halogens is 1. The van der Waals surface area contributed by atoms with Gasteiger partial charge in [0.15, 0.2) is 0 Å². The summed E-state index contributed by atoms with van der Waals surface area (Å²) in [5.41, 5.74) is 0.712. The Kier molecular flexibility index (Phi) is 5.30. The minimum atomic E-state index is -3.72. The zero-order chi connectivity index (χ0) is 20.6. The first-order valence-electron chi connectivity index (χ1n) is 8.57. The molecule has 0 radical (unpaired) electrons. The van der Waals surface area contributed by atoms with E-state index in [2.05, 4.69) is 14.9 Å². The van der Waals surface area contributed by atoms with Crippen molar-refractivity contribution >= 4 is 33.0 Å². The van der Waals surface area contributed by atoms with Gasteiger partial charge in [-0.15, -0.1) is 11.3 Å². The normalized spacial score (nSPS) is 11.8. The van der Waals surface area contributed by atoms with E-state index in [1.807, 2.05) is 6.07 Å². The molecule has 0 aliphatic rings. The van der Waals surface area contributed by atoms with Gasteiger partial charge in [0.1, 0.15) is 11.5 Å². The largest absolute Gasteiger partial charge is 0.465 e. The maximum Gasteiger partial charge on any atom is 0.268 e. The molecular weight excluding hydrogens is 434 g/mol. The van der Waals surface area contributed by atoms with Crippen LogP contribution in [0.2, 0.25) is 5.02 Å². The molecule has 29 heavy (non-hydrogen) atoms. The van der Waals surface area contributed by atoms with Crippen LogP contribution < -0.4 is 4.72 Å². The molecule has 3 heterocycles. The van der Waals surface area contributed by atoms with Crippen LogP contribution >= 0.6 is 22.9 Å². The minimum Gasteiger partial charge on any atom is -0.465 e. The van der Waals surface area contributed by atoms with Gasteiger partial charge < -0.3 is 8.94 Å². The van der Waals surface area contributed by atoms with Gasteiger partial charge in [-0.3, -0.25) is 0 Å². The van der Waals surface area contributed by atoms with Crippen LogP contribution in [0.1, 0.15) is 16.4 Å². The molecule has 10 heteroatoms. The SMILES string of the molecule is Cc1ccc(CNS(=O)(=O)c2cc(-c3nc(-c4cccc(Cl)c4)no3)sc2C)o1. The number of rotatable bonds is 6. The van der Waals surface area contributed by atoms with Crippen LogP contribution in [-0.2, 0) is 16.6 Å². The van der Waals surface area contributed by atoms with Crippen molar-refractivity contribution in [1.29, 1.82) is 0 Å². The van der Waals surface area contributed by atoms with Crippen molar-refractivity contribution in [3.63, 3.8) is 0 Å². The monoisotopic (exact) mass is 449 g/mol. The van der Waals surface area contributed by atoms with Gasteiger partial charge in [-0.1, -0.05) is 28.9 Å². The number of hydrogen-bond donors (Lipinski definition) is 1. The highest BCUT2D eigenvalue weighted by molar-refractivity contribution is 7.89. The molecule has 3 aromatic heterocycles. The molecule has 0 amide bonds. The fourth-order valence-electron chi connectivity index (χ4n) is 2.73. The third-order valence-electron chi connectivity index (χ3n) is 4.11. The summed E-state index contributed by atoms with van der Waals surface area (Å²) >= 11 is 7.27. The van der Waals surface area contributed by atoms with Crippen LogP contribution in [0.25, 0.3) is 22.2 Å². The highest BCUT2D eigenvalue weighted by Crippen LogP contribution is 2.34. The Bertz CT molecular complexity index is 1270. The van der Waals surface area contributed by atoms with Crippen molar-refractivity contribution < 1.29 is 17.4 Å². The summed E-state index contributed by atoms with van der Waals surface area (Å²) in [5, 5.41) is 4.53. The van der Waals surface area contributed by atoms with Crippen molar-refractivity contribution in [2.75, 3.05) is 0 Å². The average Bonchev–Trinajstić information content (AvgIpc) is 3.39. The number of aryl methyl sites for hydroxylation is 2. The Morgan fingerprint density at radius 1 is 1.17 bits per heavy atom. The number of benzene rings is 1. The third kappa shape index (κ3) is 4.27. The van der Waals surface area contributed by atoms with E-state index in [1.165, 1.54) is 17.4 Å². The molecule has 1 N–H and O–H groups in total. The Labute approximate surface area is 176 Å². The lowest BCUT2D eigenvalue weighted by molar-refractivity contribution is 0.433. The molecule has 0 aliphatic heterocycles. The molecule has 0 unspecified atom stereocenters. The molecule has 0 spiro atoms. The van der Waals surface area contributed by atoms with Gasteiger partial charge in [-0.2, -0.15) is 4.98 Å². The van der Waals surface area contributed by atoms with E-state index < -0.39 is 10.0 Å². The fraction of sp³-hybridized carbons (Fsp3) is 0.158. The van der Waals surface area contributed by atoms with Crippen LogP contribution in [0.3, 0.4) is 0 Å². The Hall–Kier alpha value is -2.46. The van der Waals surface area contributed by atoms with Gasteiger partial charge in [0.25, 0.3) is 5.89 Å². The second-order valence-electron chi connectivity index (χ2n) is 6.30. The minimum absolute atomic E-state index is 0.0697. The molecule has 4 aromatic rings. The van der Waals surface area contributed by atoms with Crippen LogP contribution in [0.15, 0.2) is 56.3 Å². The quantitative estimate of drug-likeness (QED) is 0.453. The molecule has 7 nitrogen and oxygen atoms in total. The van der Waals surface area contributed by atoms with Crippen LogP contribution in [0.4, 0.5) is 0 Å². The highest BCUT2D eigenvalue weighted by atomic mass is 35.5. The lowest BCUT2D eigenvalue weighted by Crippen LogP contribution is -2.23. The van der Waals surface area contributed by atoms with Crippen molar-refractivity contribution in [2.24, 2.45) is 0 Å². The number of furan rings is 1. The molecule has 4 rings (SSSR count). The molecule has 150 valence electrons. The lowest BCUT2D eigenvalue weighted by Gasteiger charge is -2.04. The van der Waals surface area contributed by atoms with E-state index in [1.54, 1.807) is 44.2 Å². The van der Waals surface area contributed by atoms with Crippen LogP contribution in [0.5, 0.6) is 0 Å². The standard InChI is InChI=1S/C19H16ClN3O4S2/c1-11-6-7-15(26-11)10-21-29(24,25)17-9-16(28-12(17)2)19-22-18(23-27-19)13-4-3-5-14(20)8-13/h3-9,21H,10H2,1-2H3. The molecule has 0 fully saturated rings. The second-order valence-corrected chi connectivity index (χ2v) is 9.73. The average molecular weight is 450 g/mol. The van der Waals surface area contributed by atoms with Gasteiger partial charge in [0, 0.05) is 15.5 Å². The van der Waals surface area contributed by atoms with Crippen LogP contribution in [0, 0.1) is 13.8 Å². The van der Waals surface area contributed by atoms with E-state index in [0.717, 1.165) is 5.76 Å². The number of aromatic nitrogens is 2. The summed E-state index contributed by atoms with van der Waals surface area (Å²) in [4.78, 5) is 5.72. The van der Waals surface area contributed by atoms with E-state index in [0.29, 0.717) is 31.9 Å². The predicted molar refractivity (Wildman–Crippen MR) is 110 cm³/mol. The molecule has 0 aliphatic carbocycles. The summed E-state index contributed by atoms with van der Waals surface area (Å²) in [6, 6.07) is 12.1. The Balaban J connectivity index is 1.58. The number of sulfonamides is 1. The zero-order valence-electron chi connectivity index (χ0n) is 15.5. The van der Waals surface area contributed by atoms with Gasteiger partial charge >= 0.3 is 0 Å². The fourth-order valence-corrected chi connectivity index (χ4v) is 5.42. The van der Waals surface area contributed by atoms with Crippen molar-refractivity contribution in [3.8, 4) is 22.2 Å². The molecule has 0 bridgehead atoms. The molecule has 0 atom stereocenters. The number of nitrogens with one attached hydrogen (secondary N) is 1. The Morgan fingerprint density at radius 2 is 2.00 bits per heavy atom. The summed E-state index contributed by atoms with van der Waals surface area (Å²) in [5.74, 6) is 1.89. The molecule has 0 saturated carbocycles. The highest BCUT2D eigenvalue weighted by Gasteiger charge is 2.23. The number of thiophene rings is 1. The van der Waals surface area contributed by atoms with Gasteiger partial charge in [0.2, 0.25) is 15.8 Å². The summed E-state index contributed by atoms with van der Waals surface area (Å²) < 4.78 is 38.7. The van der Waals surface area contributed by atoms with E-state index >= 15 is 0 Å². The molecular formula is C19H16ClN3O4S2. The van der Waals surface area contributed by atoms with Gasteiger partial charge in [-0.05, 0) is 44.2 Å². The topological polar surface area (TPSA) is 98.2 Å². The molecule has 1 aromatic carbocycles. The van der Waals surface area contributed by atoms with Crippen molar-refractivity contribution in [3.05, 3.63) is 63.9 Å². The van der Waals surface area contributed by atoms with Crippen molar-refractivity contribution in [1.82, 2.24) is 14.9 Å². The maximum absolute atomic E-state index is 12.7. The third-order valence-corrected chi connectivity index (χ3v) is 7.04. The first kappa shape index (κ1) is 19.8. The summed E-state index contributed by atoms with van der Waals surface area (Å²) in [6.45, 7) is 3.60. The lowest BCUT2D eigenvalue weighted by atomic mass is 10.2. The molecule has 0 saturated heterocycles. The summed E-state index contributed by atoms with van der Waals surface area (Å²) in [6.07, 6.45) is 0. The maximum atomic E-state index is 12.7. The van der Waals surface area contributed by atoms with Gasteiger partial charge in [0.05, 0.1) is 16.3 Å². The number of nitrogens with zero attached hydrogens (tertiary/aromatic N) is 2. The van der Waals surface area contributed by atoms with E-state index in [-0.39, 0.29) is 17.3 Å². The van der Waals surface area contributed by atoms with E-state index in [4.69, 9.17) is 20.5 Å². The smallest absolute Gasteiger partial charge is 0.268 e. The number of hydrogen-bond acceptors (Lipinski definition) is 7. The first-order valence-corrected chi connectivity index (χ1v) is 11.2.